The topological polar surface area (TPSA) is 58.4 Å². The maximum atomic E-state index is 12.7. The van der Waals surface area contributed by atoms with Crippen LogP contribution in [0.25, 0.3) is 0 Å². The summed E-state index contributed by atoms with van der Waals surface area (Å²) < 4.78 is 2.09. The number of amides is 1. The minimum absolute atomic E-state index is 0.00610. The first-order chi connectivity index (χ1) is 9.31. The lowest BCUT2D eigenvalue weighted by molar-refractivity contribution is -0.138. The Morgan fingerprint density at radius 3 is 3.05 bits per heavy atom. The molecule has 1 fully saturated rings. The third-order valence-electron chi connectivity index (χ3n) is 4.37. The molecule has 104 valence electrons. The summed E-state index contributed by atoms with van der Waals surface area (Å²) in [7, 11) is 0. The van der Waals surface area contributed by atoms with Gasteiger partial charge in [-0.3, -0.25) is 4.79 Å². The number of hydrogen-bond donors (Lipinski definition) is 1. The lowest BCUT2D eigenvalue weighted by atomic mass is 9.94. The number of aromatic nitrogens is 2. The number of likely N-dealkylation sites (tertiary alicyclic amines) is 1. The Bertz CT molecular complexity index is 457. The van der Waals surface area contributed by atoms with Gasteiger partial charge in [0.25, 0.3) is 0 Å². The molecule has 1 amide bonds. The van der Waals surface area contributed by atoms with Crippen molar-refractivity contribution in [2.24, 2.45) is 0 Å². The fourth-order valence-corrected chi connectivity index (χ4v) is 3.33. The molecule has 0 bridgehead atoms. The van der Waals surface area contributed by atoms with E-state index in [9.17, 15) is 9.90 Å². The van der Waals surface area contributed by atoms with Crippen LogP contribution in [0.4, 0.5) is 0 Å². The lowest BCUT2D eigenvalue weighted by Gasteiger charge is -2.37. The molecule has 0 saturated carbocycles. The van der Waals surface area contributed by atoms with Crippen LogP contribution in [-0.4, -0.2) is 44.7 Å². The summed E-state index contributed by atoms with van der Waals surface area (Å²) in [6.45, 7) is 1.82. The van der Waals surface area contributed by atoms with E-state index in [0.717, 1.165) is 51.0 Å². The van der Waals surface area contributed by atoms with Gasteiger partial charge >= 0.3 is 0 Å². The number of hydrogen-bond acceptors (Lipinski definition) is 3. The quantitative estimate of drug-likeness (QED) is 0.870. The fraction of sp³-hybridized carbons (Fsp3) is 0.714. The van der Waals surface area contributed by atoms with Crippen molar-refractivity contribution in [2.75, 3.05) is 13.2 Å². The second-order valence-corrected chi connectivity index (χ2v) is 5.54. The molecule has 5 heteroatoms. The highest BCUT2D eigenvalue weighted by molar-refractivity contribution is 5.83. The largest absolute Gasteiger partial charge is 0.394 e. The highest BCUT2D eigenvalue weighted by Gasteiger charge is 2.35. The van der Waals surface area contributed by atoms with Gasteiger partial charge in [0, 0.05) is 25.5 Å². The fourth-order valence-electron chi connectivity index (χ4n) is 3.33. The van der Waals surface area contributed by atoms with E-state index in [4.69, 9.17) is 0 Å². The highest BCUT2D eigenvalue weighted by atomic mass is 16.3. The molecule has 3 rings (SSSR count). The molecule has 5 nitrogen and oxygen atoms in total. The number of nitrogens with zero attached hydrogens (tertiary/aromatic N) is 3. The van der Waals surface area contributed by atoms with Crippen molar-refractivity contribution in [3.8, 4) is 0 Å². The first kappa shape index (κ1) is 12.7. The number of aryl methyl sites for hydroxylation is 1. The molecule has 2 unspecified atom stereocenters. The van der Waals surface area contributed by atoms with Crippen LogP contribution < -0.4 is 0 Å². The van der Waals surface area contributed by atoms with Crippen molar-refractivity contribution < 1.29 is 9.90 Å². The molecule has 1 aromatic heterocycles. The Morgan fingerprint density at radius 1 is 1.32 bits per heavy atom. The Morgan fingerprint density at radius 2 is 2.21 bits per heavy atom. The van der Waals surface area contributed by atoms with E-state index in [1.165, 1.54) is 0 Å². The van der Waals surface area contributed by atoms with Gasteiger partial charge in [-0.1, -0.05) is 0 Å². The van der Waals surface area contributed by atoms with Crippen molar-refractivity contribution in [3.63, 3.8) is 0 Å². The molecule has 2 aliphatic rings. The molecule has 1 saturated heterocycles. The van der Waals surface area contributed by atoms with E-state index in [-0.39, 0.29) is 24.5 Å². The number of piperidine rings is 1. The first-order valence-corrected chi connectivity index (χ1v) is 7.23. The van der Waals surface area contributed by atoms with Crippen molar-refractivity contribution in [1.29, 1.82) is 0 Å². The zero-order valence-corrected chi connectivity index (χ0v) is 11.2. The second kappa shape index (κ2) is 5.33. The SMILES string of the molecule is O=C(C1CCCn2ccnc21)N1CCCCC1CO. The van der Waals surface area contributed by atoms with E-state index < -0.39 is 0 Å². The van der Waals surface area contributed by atoms with Crippen LogP contribution in [0.5, 0.6) is 0 Å². The van der Waals surface area contributed by atoms with E-state index in [1.54, 1.807) is 6.20 Å². The van der Waals surface area contributed by atoms with Gasteiger partial charge in [0.1, 0.15) is 5.82 Å². The number of aliphatic hydroxyl groups is 1. The molecule has 3 heterocycles. The van der Waals surface area contributed by atoms with Crippen LogP contribution in [0, 0.1) is 0 Å². The molecular weight excluding hydrogens is 242 g/mol. The summed E-state index contributed by atoms with van der Waals surface area (Å²) in [6.07, 6.45) is 8.71. The van der Waals surface area contributed by atoms with E-state index in [1.807, 2.05) is 11.1 Å². The molecule has 2 aliphatic heterocycles. The van der Waals surface area contributed by atoms with E-state index in [0.29, 0.717) is 0 Å². The number of rotatable bonds is 2. The molecular formula is C14H21N3O2. The number of aliphatic hydroxyl groups excluding tert-OH is 1. The van der Waals surface area contributed by atoms with Gasteiger partial charge in [0.05, 0.1) is 18.6 Å². The Balaban J connectivity index is 1.81. The van der Waals surface area contributed by atoms with Gasteiger partial charge in [-0.2, -0.15) is 0 Å². The molecule has 0 aromatic carbocycles. The van der Waals surface area contributed by atoms with Crippen LogP contribution in [0.15, 0.2) is 12.4 Å². The van der Waals surface area contributed by atoms with Gasteiger partial charge in [0.2, 0.25) is 5.91 Å². The van der Waals surface area contributed by atoms with E-state index >= 15 is 0 Å². The minimum Gasteiger partial charge on any atom is -0.394 e. The average Bonchev–Trinajstić information content (AvgIpc) is 2.94. The molecule has 1 N–H and O–H groups in total. The lowest BCUT2D eigenvalue weighted by Crippen LogP contribution is -2.48. The number of imidazole rings is 1. The third kappa shape index (κ3) is 2.27. The predicted molar refractivity (Wildman–Crippen MR) is 70.6 cm³/mol. The maximum absolute atomic E-state index is 12.7. The minimum atomic E-state index is -0.115. The summed E-state index contributed by atoms with van der Waals surface area (Å²) in [4.78, 5) is 19.0. The predicted octanol–water partition coefficient (Wildman–Crippen LogP) is 1.13. The molecule has 1 aromatic rings. The summed E-state index contributed by atoms with van der Waals surface area (Å²) in [5, 5.41) is 9.45. The van der Waals surface area contributed by atoms with Crippen molar-refractivity contribution >= 4 is 5.91 Å². The second-order valence-electron chi connectivity index (χ2n) is 5.54. The molecule has 19 heavy (non-hydrogen) atoms. The normalized spacial score (nSPS) is 27.1. The Hall–Kier alpha value is -1.36. The Labute approximate surface area is 113 Å². The summed E-state index contributed by atoms with van der Waals surface area (Å²) in [5.41, 5.74) is 0. The van der Waals surface area contributed by atoms with Gasteiger partial charge in [0.15, 0.2) is 0 Å². The van der Waals surface area contributed by atoms with Crippen LogP contribution >= 0.6 is 0 Å². The zero-order valence-electron chi connectivity index (χ0n) is 11.2. The smallest absolute Gasteiger partial charge is 0.233 e. The number of carbonyl (C=O) groups is 1. The van der Waals surface area contributed by atoms with Crippen molar-refractivity contribution in [1.82, 2.24) is 14.5 Å². The standard InChI is InChI=1S/C14H21N3O2/c18-10-11-4-1-2-8-17(11)14(19)12-5-3-7-16-9-6-15-13(12)16/h6,9,11-12,18H,1-5,7-8,10H2. The van der Waals surface area contributed by atoms with Crippen molar-refractivity contribution in [3.05, 3.63) is 18.2 Å². The molecule has 2 atom stereocenters. The highest BCUT2D eigenvalue weighted by Crippen LogP contribution is 2.30. The average molecular weight is 263 g/mol. The van der Waals surface area contributed by atoms with Gasteiger partial charge in [-0.25, -0.2) is 4.98 Å². The van der Waals surface area contributed by atoms with Gasteiger partial charge < -0.3 is 14.6 Å². The molecule has 0 spiro atoms. The molecule has 0 aliphatic carbocycles. The first-order valence-electron chi connectivity index (χ1n) is 7.23. The van der Waals surface area contributed by atoms with Crippen LogP contribution in [-0.2, 0) is 11.3 Å². The Kier molecular flexibility index (Phi) is 3.55. The number of carbonyl (C=O) groups excluding carboxylic acids is 1. The summed E-state index contributed by atoms with van der Waals surface area (Å²) >= 11 is 0. The van der Waals surface area contributed by atoms with Gasteiger partial charge in [-0.15, -0.1) is 0 Å². The monoisotopic (exact) mass is 263 g/mol. The van der Waals surface area contributed by atoms with E-state index in [2.05, 4.69) is 9.55 Å². The van der Waals surface area contributed by atoms with Crippen LogP contribution in [0.1, 0.15) is 43.8 Å². The third-order valence-corrected chi connectivity index (χ3v) is 4.37. The zero-order chi connectivity index (χ0) is 13.2. The maximum Gasteiger partial charge on any atom is 0.233 e. The number of fused-ring (bicyclic) bond motifs is 1. The molecule has 0 radical (unpaired) electrons. The van der Waals surface area contributed by atoms with Crippen LogP contribution in [0.3, 0.4) is 0 Å². The van der Waals surface area contributed by atoms with Crippen LogP contribution in [0.2, 0.25) is 0 Å². The van der Waals surface area contributed by atoms with Gasteiger partial charge in [-0.05, 0) is 32.1 Å². The summed E-state index contributed by atoms with van der Waals surface area (Å²) in [6, 6.07) is 0.00610. The summed E-state index contributed by atoms with van der Waals surface area (Å²) in [5.74, 6) is 0.945. The van der Waals surface area contributed by atoms with Crippen molar-refractivity contribution in [2.45, 2.75) is 50.6 Å².